The summed E-state index contributed by atoms with van der Waals surface area (Å²) in [5.74, 6) is -0.0881. The zero-order valence-corrected chi connectivity index (χ0v) is 19.4. The third kappa shape index (κ3) is 6.57. The largest absolute Gasteiger partial charge is 0.399 e. The molecule has 4 rings (SSSR count). The van der Waals surface area contributed by atoms with Crippen LogP contribution in [0.1, 0.15) is 20.9 Å². The van der Waals surface area contributed by atoms with E-state index in [9.17, 15) is 14.9 Å². The molecule has 0 aliphatic heterocycles. The van der Waals surface area contributed by atoms with Gasteiger partial charge in [0.25, 0.3) is 5.69 Å². The van der Waals surface area contributed by atoms with E-state index in [0.717, 1.165) is 28.4 Å². The van der Waals surface area contributed by atoms with E-state index in [4.69, 9.17) is 5.73 Å². The number of rotatable bonds is 6. The lowest BCUT2D eigenvalue weighted by Crippen LogP contribution is -1.99. The smallest absolute Gasteiger partial charge is 0.269 e. The summed E-state index contributed by atoms with van der Waals surface area (Å²) >= 11 is 4.72. The van der Waals surface area contributed by atoms with E-state index in [1.54, 1.807) is 11.3 Å². The molecular weight excluding hydrogens is 490 g/mol. The van der Waals surface area contributed by atoms with Crippen LogP contribution in [0, 0.1) is 10.1 Å². The second-order valence-electron chi connectivity index (χ2n) is 6.77. The van der Waals surface area contributed by atoms with Gasteiger partial charge < -0.3 is 5.73 Å². The minimum absolute atomic E-state index is 0.00822. The van der Waals surface area contributed by atoms with Gasteiger partial charge in [-0.05, 0) is 29.8 Å². The zero-order chi connectivity index (χ0) is 22.9. The van der Waals surface area contributed by atoms with Crippen molar-refractivity contribution in [1.29, 1.82) is 0 Å². The van der Waals surface area contributed by atoms with Crippen LogP contribution in [0.25, 0.3) is 11.3 Å². The van der Waals surface area contributed by atoms with Crippen molar-refractivity contribution in [2.24, 2.45) is 0 Å². The molecule has 2 N–H and O–H groups in total. The predicted octanol–water partition coefficient (Wildman–Crippen LogP) is 6.16. The molecule has 4 aromatic rings. The standard InChI is InChI=1S/C16H14N2S.C8H6BrNO3/c17-14-8-6-13(7-9-14)15-11-19-16(18-15)10-12-4-2-1-3-5-12;9-5-8(11)6-1-3-7(4-2-6)10(12)13/h1-9,11H,10,17H2;1-4H,5H2. The molecular formula is C24H20BrN3O3S. The average Bonchev–Trinajstić information content (AvgIpc) is 3.28. The van der Waals surface area contributed by atoms with Gasteiger partial charge in [0.15, 0.2) is 5.78 Å². The number of benzene rings is 3. The number of nitro groups is 1. The number of halogens is 1. The Morgan fingerprint density at radius 1 is 1.00 bits per heavy atom. The third-order valence-electron chi connectivity index (χ3n) is 4.48. The van der Waals surface area contributed by atoms with Gasteiger partial charge in [0, 0.05) is 40.7 Å². The van der Waals surface area contributed by atoms with Gasteiger partial charge in [0.05, 0.1) is 21.0 Å². The first kappa shape index (κ1) is 23.3. The quantitative estimate of drug-likeness (QED) is 0.110. The van der Waals surface area contributed by atoms with Gasteiger partial charge in [-0.1, -0.05) is 58.4 Å². The number of ketones is 1. The van der Waals surface area contributed by atoms with Crippen molar-refractivity contribution < 1.29 is 9.72 Å². The number of nitrogens with two attached hydrogens (primary N) is 1. The zero-order valence-electron chi connectivity index (χ0n) is 17.0. The Morgan fingerprint density at radius 2 is 1.66 bits per heavy atom. The van der Waals surface area contributed by atoms with Crippen LogP contribution in [0.5, 0.6) is 0 Å². The van der Waals surface area contributed by atoms with E-state index in [0.29, 0.717) is 5.56 Å². The molecule has 0 atom stereocenters. The van der Waals surface area contributed by atoms with E-state index in [2.05, 4.69) is 50.6 Å². The van der Waals surface area contributed by atoms with Crippen molar-refractivity contribution in [2.45, 2.75) is 6.42 Å². The first-order chi connectivity index (χ1) is 15.5. The SMILES string of the molecule is Nc1ccc(-c2csc(Cc3ccccc3)n2)cc1.O=C(CBr)c1ccc([N+](=O)[O-])cc1. The molecule has 3 aromatic carbocycles. The molecule has 0 amide bonds. The van der Waals surface area contributed by atoms with Gasteiger partial charge in [-0.15, -0.1) is 11.3 Å². The molecule has 0 spiro atoms. The van der Waals surface area contributed by atoms with Crippen LogP contribution in [0.4, 0.5) is 11.4 Å². The van der Waals surface area contributed by atoms with Gasteiger partial charge >= 0.3 is 0 Å². The first-order valence-electron chi connectivity index (χ1n) is 9.64. The molecule has 0 unspecified atom stereocenters. The van der Waals surface area contributed by atoms with Gasteiger partial charge in [-0.2, -0.15) is 0 Å². The van der Waals surface area contributed by atoms with E-state index >= 15 is 0 Å². The monoisotopic (exact) mass is 509 g/mol. The fourth-order valence-corrected chi connectivity index (χ4v) is 3.96. The van der Waals surface area contributed by atoms with Crippen molar-refractivity contribution >= 4 is 44.4 Å². The number of hydrogen-bond donors (Lipinski definition) is 1. The Hall–Kier alpha value is -3.36. The summed E-state index contributed by atoms with van der Waals surface area (Å²) in [6, 6.07) is 23.8. The Morgan fingerprint density at radius 3 is 2.25 bits per heavy atom. The van der Waals surface area contributed by atoms with Crippen molar-refractivity contribution in [1.82, 2.24) is 4.98 Å². The Bertz CT molecular complexity index is 1180. The number of carbonyl (C=O) groups is 1. The molecule has 0 saturated carbocycles. The minimum atomic E-state index is -0.498. The van der Waals surface area contributed by atoms with Gasteiger partial charge in [0.1, 0.15) is 0 Å². The van der Waals surface area contributed by atoms with E-state index in [-0.39, 0.29) is 16.8 Å². The van der Waals surface area contributed by atoms with Gasteiger partial charge in [-0.25, -0.2) is 4.98 Å². The lowest BCUT2D eigenvalue weighted by Gasteiger charge is -1.98. The molecule has 6 nitrogen and oxygen atoms in total. The summed E-state index contributed by atoms with van der Waals surface area (Å²) in [4.78, 5) is 25.5. The maximum atomic E-state index is 11.1. The maximum Gasteiger partial charge on any atom is 0.269 e. The number of alkyl halides is 1. The summed E-state index contributed by atoms with van der Waals surface area (Å²) in [5, 5.41) is 13.7. The molecule has 1 aromatic heterocycles. The molecule has 0 saturated heterocycles. The van der Waals surface area contributed by atoms with Crippen molar-refractivity contribution in [3.63, 3.8) is 0 Å². The number of Topliss-reactive ketones (excluding diaryl/α,β-unsaturated/α-hetero) is 1. The average molecular weight is 510 g/mol. The van der Waals surface area contributed by atoms with Crippen LogP contribution in [0.15, 0.2) is 84.2 Å². The summed E-state index contributed by atoms with van der Waals surface area (Å²) < 4.78 is 0. The Labute approximate surface area is 198 Å². The Kier molecular flexibility index (Phi) is 8.24. The molecule has 32 heavy (non-hydrogen) atoms. The second-order valence-corrected chi connectivity index (χ2v) is 8.28. The lowest BCUT2D eigenvalue weighted by molar-refractivity contribution is -0.384. The van der Waals surface area contributed by atoms with E-state index < -0.39 is 4.92 Å². The van der Waals surface area contributed by atoms with Crippen molar-refractivity contribution in [2.75, 3.05) is 11.1 Å². The van der Waals surface area contributed by atoms with Gasteiger partial charge in [0.2, 0.25) is 0 Å². The number of non-ortho nitro benzene ring substituents is 1. The summed E-state index contributed by atoms with van der Waals surface area (Å²) in [6.07, 6.45) is 0.889. The number of nitro benzene ring substituents is 1. The third-order valence-corrected chi connectivity index (χ3v) is 5.84. The topological polar surface area (TPSA) is 99.1 Å². The molecule has 0 aliphatic carbocycles. The number of carbonyl (C=O) groups excluding carboxylic acids is 1. The highest BCUT2D eigenvalue weighted by atomic mass is 79.9. The van der Waals surface area contributed by atoms with Crippen LogP contribution in [-0.4, -0.2) is 21.0 Å². The first-order valence-corrected chi connectivity index (χ1v) is 11.6. The highest BCUT2D eigenvalue weighted by Gasteiger charge is 2.08. The van der Waals surface area contributed by atoms with Gasteiger partial charge in [-0.3, -0.25) is 14.9 Å². The van der Waals surface area contributed by atoms with Crippen molar-refractivity contribution in [3.05, 3.63) is 110 Å². The molecule has 162 valence electrons. The number of nitrogen functional groups attached to an aromatic ring is 1. The van der Waals surface area contributed by atoms with Crippen LogP contribution in [0.3, 0.4) is 0 Å². The van der Waals surface area contributed by atoms with Crippen LogP contribution in [0.2, 0.25) is 0 Å². The lowest BCUT2D eigenvalue weighted by atomic mass is 10.1. The molecule has 0 radical (unpaired) electrons. The fourth-order valence-electron chi connectivity index (χ4n) is 2.80. The summed E-state index contributed by atoms with van der Waals surface area (Å²) in [7, 11) is 0. The molecule has 8 heteroatoms. The van der Waals surface area contributed by atoms with Crippen LogP contribution < -0.4 is 5.73 Å². The number of anilines is 1. The Balaban J connectivity index is 0.000000195. The molecule has 1 heterocycles. The van der Waals surface area contributed by atoms with Crippen LogP contribution in [-0.2, 0) is 6.42 Å². The number of thiazole rings is 1. The minimum Gasteiger partial charge on any atom is -0.399 e. The maximum absolute atomic E-state index is 11.1. The number of hydrogen-bond acceptors (Lipinski definition) is 6. The summed E-state index contributed by atoms with van der Waals surface area (Å²) in [6.45, 7) is 0. The van der Waals surface area contributed by atoms with Crippen LogP contribution >= 0.6 is 27.3 Å². The van der Waals surface area contributed by atoms with E-state index in [1.165, 1.54) is 29.8 Å². The predicted molar refractivity (Wildman–Crippen MR) is 132 cm³/mol. The highest BCUT2D eigenvalue weighted by molar-refractivity contribution is 9.09. The number of nitrogens with zero attached hydrogens (tertiary/aromatic N) is 2. The fraction of sp³-hybridized carbons (Fsp3) is 0.0833. The van der Waals surface area contributed by atoms with Crippen molar-refractivity contribution in [3.8, 4) is 11.3 Å². The molecule has 0 bridgehead atoms. The number of aromatic nitrogens is 1. The second kappa shape index (κ2) is 11.3. The normalized spacial score (nSPS) is 10.2. The molecule has 0 fully saturated rings. The highest BCUT2D eigenvalue weighted by Crippen LogP contribution is 2.24. The molecule has 0 aliphatic rings. The van der Waals surface area contributed by atoms with E-state index in [1.807, 2.05) is 30.3 Å². The summed E-state index contributed by atoms with van der Waals surface area (Å²) in [5.41, 5.74) is 10.4.